The minimum atomic E-state index is -0.247. The molecule has 0 aliphatic carbocycles. The molecule has 5 heteroatoms. The van der Waals surface area contributed by atoms with Crippen LogP contribution in [0.25, 0.3) is 0 Å². The number of amides is 2. The molecular weight excluding hydrogens is 280 g/mol. The molecule has 0 saturated carbocycles. The molecular formula is C17H30N2O3. The smallest absolute Gasteiger partial charge is 0.248 e. The molecule has 1 aliphatic rings. The average molecular weight is 310 g/mol. The monoisotopic (exact) mass is 310 g/mol. The van der Waals surface area contributed by atoms with Crippen LogP contribution in [0.3, 0.4) is 0 Å². The van der Waals surface area contributed by atoms with Gasteiger partial charge in [0, 0.05) is 18.8 Å². The fraction of sp³-hybridized carbons (Fsp3) is 0.765. The lowest BCUT2D eigenvalue weighted by molar-refractivity contribution is -0.126. The Kier molecular flexibility index (Phi) is 8.17. The van der Waals surface area contributed by atoms with Gasteiger partial charge >= 0.3 is 0 Å². The summed E-state index contributed by atoms with van der Waals surface area (Å²) in [6.45, 7) is 6.41. The van der Waals surface area contributed by atoms with Crippen LogP contribution in [-0.4, -0.2) is 36.6 Å². The van der Waals surface area contributed by atoms with E-state index in [0.29, 0.717) is 17.9 Å². The maximum absolute atomic E-state index is 11.9. The second-order valence-corrected chi connectivity index (χ2v) is 6.08. The van der Waals surface area contributed by atoms with E-state index in [2.05, 4.69) is 19.2 Å². The van der Waals surface area contributed by atoms with Crippen LogP contribution in [0.4, 0.5) is 0 Å². The number of hydrogen-bond acceptors (Lipinski definition) is 3. The van der Waals surface area contributed by atoms with Crippen LogP contribution < -0.4 is 5.32 Å². The molecule has 0 bridgehead atoms. The quantitative estimate of drug-likeness (QED) is 0.526. The Morgan fingerprint density at radius 3 is 2.68 bits per heavy atom. The highest BCUT2D eigenvalue weighted by Crippen LogP contribution is 2.28. The summed E-state index contributed by atoms with van der Waals surface area (Å²) in [5.74, 6) is 0.494. The Hall–Kier alpha value is -1.36. The van der Waals surface area contributed by atoms with Gasteiger partial charge in [0.25, 0.3) is 0 Å². The van der Waals surface area contributed by atoms with Crippen LogP contribution in [0.15, 0.2) is 11.8 Å². The van der Waals surface area contributed by atoms with Crippen LogP contribution in [-0.2, 0) is 14.3 Å². The van der Waals surface area contributed by atoms with Gasteiger partial charge in [-0.05, 0) is 31.6 Å². The third kappa shape index (κ3) is 5.44. The molecule has 0 spiro atoms. The van der Waals surface area contributed by atoms with Crippen LogP contribution in [0, 0.1) is 5.92 Å². The zero-order chi connectivity index (χ0) is 16.5. The molecule has 0 aromatic rings. The van der Waals surface area contributed by atoms with Gasteiger partial charge in [-0.15, -0.1) is 0 Å². The van der Waals surface area contributed by atoms with Crippen molar-refractivity contribution in [1.82, 2.24) is 10.2 Å². The van der Waals surface area contributed by atoms with Crippen molar-refractivity contribution < 1.29 is 14.3 Å². The van der Waals surface area contributed by atoms with Gasteiger partial charge in [0.05, 0.1) is 6.10 Å². The van der Waals surface area contributed by atoms with Gasteiger partial charge in [-0.25, -0.2) is 0 Å². The van der Waals surface area contributed by atoms with Crippen LogP contribution in [0.1, 0.15) is 59.3 Å². The van der Waals surface area contributed by atoms with Crippen molar-refractivity contribution in [3.63, 3.8) is 0 Å². The van der Waals surface area contributed by atoms with Crippen molar-refractivity contribution in [2.24, 2.45) is 5.92 Å². The summed E-state index contributed by atoms with van der Waals surface area (Å²) in [6.07, 6.45) is 7.83. The highest BCUT2D eigenvalue weighted by Gasteiger charge is 2.29. The molecule has 1 rings (SSSR count). The maximum atomic E-state index is 11.9. The molecule has 126 valence electrons. The molecule has 1 saturated heterocycles. The Balaban J connectivity index is 2.71. The zero-order valence-corrected chi connectivity index (χ0v) is 14.3. The molecule has 22 heavy (non-hydrogen) atoms. The standard InChI is InChI=1S/C17H30N2O3/c1-5-7-14(17(21)18-4)11-19(12-20)16-9-8-15(22-16)10-13(3)6-2/h11-13,15-16H,5-10H2,1-4H3,(H,18,21)/b14-11-/t13?,15?,16-/m1/s1. The van der Waals surface area contributed by atoms with Crippen molar-refractivity contribution in [3.05, 3.63) is 11.8 Å². The van der Waals surface area contributed by atoms with E-state index in [-0.39, 0.29) is 18.2 Å². The van der Waals surface area contributed by atoms with E-state index in [9.17, 15) is 9.59 Å². The number of ether oxygens (including phenoxy) is 1. The SMILES string of the molecule is CCC/C(=C/N(C=O)[C@H]1CCC(CC(C)CC)O1)C(=O)NC. The molecule has 2 unspecified atom stereocenters. The number of likely N-dealkylation sites (N-methyl/N-ethyl adjacent to an activating group) is 1. The van der Waals surface area contributed by atoms with Gasteiger partial charge in [0.15, 0.2) is 0 Å². The number of rotatable bonds is 9. The van der Waals surface area contributed by atoms with E-state index < -0.39 is 0 Å². The second-order valence-electron chi connectivity index (χ2n) is 6.08. The molecule has 1 aliphatic heterocycles. The van der Waals surface area contributed by atoms with E-state index in [1.807, 2.05) is 6.92 Å². The molecule has 1 heterocycles. The van der Waals surface area contributed by atoms with E-state index in [0.717, 1.165) is 38.5 Å². The molecule has 1 fully saturated rings. The van der Waals surface area contributed by atoms with E-state index in [1.165, 1.54) is 4.90 Å². The lowest BCUT2D eigenvalue weighted by Gasteiger charge is -2.23. The summed E-state index contributed by atoms with van der Waals surface area (Å²) in [4.78, 5) is 24.8. The first-order valence-corrected chi connectivity index (χ1v) is 8.36. The normalized spacial score (nSPS) is 23.2. The average Bonchev–Trinajstić information content (AvgIpc) is 2.98. The Morgan fingerprint density at radius 1 is 1.41 bits per heavy atom. The lowest BCUT2D eigenvalue weighted by atomic mass is 9.99. The Labute approximate surface area is 134 Å². The number of nitrogens with one attached hydrogen (secondary N) is 1. The number of carbonyl (C=O) groups is 2. The van der Waals surface area contributed by atoms with E-state index >= 15 is 0 Å². The third-order valence-electron chi connectivity index (χ3n) is 4.24. The predicted molar refractivity (Wildman–Crippen MR) is 86.9 cm³/mol. The highest BCUT2D eigenvalue weighted by molar-refractivity contribution is 5.93. The minimum absolute atomic E-state index is 0.136. The fourth-order valence-electron chi connectivity index (χ4n) is 2.72. The highest BCUT2D eigenvalue weighted by atomic mass is 16.5. The van der Waals surface area contributed by atoms with Gasteiger partial charge in [-0.1, -0.05) is 33.6 Å². The summed E-state index contributed by atoms with van der Waals surface area (Å²) in [5, 5.41) is 2.62. The summed E-state index contributed by atoms with van der Waals surface area (Å²) in [6, 6.07) is 0. The summed E-state index contributed by atoms with van der Waals surface area (Å²) >= 11 is 0. The predicted octanol–water partition coefficient (Wildman–Crippen LogP) is 2.82. The fourth-order valence-corrected chi connectivity index (χ4v) is 2.72. The maximum Gasteiger partial charge on any atom is 0.248 e. The number of carbonyl (C=O) groups excluding carboxylic acids is 2. The molecule has 0 aromatic carbocycles. The zero-order valence-electron chi connectivity index (χ0n) is 14.3. The van der Waals surface area contributed by atoms with Gasteiger partial charge in [0.1, 0.15) is 6.23 Å². The summed E-state index contributed by atoms with van der Waals surface area (Å²) in [5.41, 5.74) is 0.617. The Bertz CT molecular complexity index is 395. The Morgan fingerprint density at radius 2 is 2.14 bits per heavy atom. The number of nitrogens with zero attached hydrogens (tertiary/aromatic N) is 1. The molecule has 0 aromatic heterocycles. The lowest BCUT2D eigenvalue weighted by Crippen LogP contribution is -2.32. The van der Waals surface area contributed by atoms with Crippen molar-refractivity contribution >= 4 is 12.3 Å². The summed E-state index contributed by atoms with van der Waals surface area (Å²) < 4.78 is 6.00. The third-order valence-corrected chi connectivity index (χ3v) is 4.24. The van der Waals surface area contributed by atoms with E-state index in [1.54, 1.807) is 13.2 Å². The van der Waals surface area contributed by atoms with Gasteiger partial charge in [0.2, 0.25) is 12.3 Å². The van der Waals surface area contributed by atoms with Crippen molar-refractivity contribution in [3.8, 4) is 0 Å². The van der Waals surface area contributed by atoms with Crippen molar-refractivity contribution in [2.45, 2.75) is 71.6 Å². The molecule has 1 N–H and O–H groups in total. The van der Waals surface area contributed by atoms with Gasteiger partial charge in [-0.2, -0.15) is 0 Å². The van der Waals surface area contributed by atoms with E-state index in [4.69, 9.17) is 4.74 Å². The van der Waals surface area contributed by atoms with Crippen LogP contribution in [0.2, 0.25) is 0 Å². The first kappa shape index (κ1) is 18.7. The molecule has 2 amide bonds. The van der Waals surface area contributed by atoms with Crippen LogP contribution >= 0.6 is 0 Å². The van der Waals surface area contributed by atoms with Gasteiger partial charge < -0.3 is 10.1 Å². The molecule has 5 nitrogen and oxygen atoms in total. The summed E-state index contributed by atoms with van der Waals surface area (Å²) in [7, 11) is 1.60. The van der Waals surface area contributed by atoms with Crippen LogP contribution in [0.5, 0.6) is 0 Å². The largest absolute Gasteiger partial charge is 0.355 e. The van der Waals surface area contributed by atoms with Gasteiger partial charge in [-0.3, -0.25) is 14.5 Å². The number of hydrogen-bond donors (Lipinski definition) is 1. The molecule has 3 atom stereocenters. The second kappa shape index (κ2) is 9.62. The minimum Gasteiger partial charge on any atom is -0.355 e. The first-order valence-electron chi connectivity index (χ1n) is 8.36. The van der Waals surface area contributed by atoms with Crippen molar-refractivity contribution in [1.29, 1.82) is 0 Å². The van der Waals surface area contributed by atoms with Crippen molar-refractivity contribution in [2.75, 3.05) is 7.05 Å². The molecule has 0 radical (unpaired) electrons. The first-order chi connectivity index (χ1) is 10.5. The topological polar surface area (TPSA) is 58.6 Å².